The van der Waals surface area contributed by atoms with Crippen LogP contribution >= 0.6 is 11.6 Å². The Morgan fingerprint density at radius 1 is 1.22 bits per heavy atom. The third-order valence-corrected chi connectivity index (χ3v) is 6.32. The lowest BCUT2D eigenvalue weighted by Gasteiger charge is -2.20. The summed E-state index contributed by atoms with van der Waals surface area (Å²) >= 11 is 6.40. The Labute approximate surface area is 193 Å². The zero-order valence-corrected chi connectivity index (χ0v) is 19.4. The summed E-state index contributed by atoms with van der Waals surface area (Å²) in [6.45, 7) is 4.83. The van der Waals surface area contributed by atoms with Crippen LogP contribution in [0.2, 0.25) is 5.02 Å². The minimum Gasteiger partial charge on any atom is -0.495 e. The normalized spacial score (nSPS) is 14.0. The van der Waals surface area contributed by atoms with Crippen LogP contribution in [0.15, 0.2) is 36.5 Å². The predicted octanol–water partition coefficient (Wildman–Crippen LogP) is 5.79. The average molecular weight is 449 g/mol. The molecule has 4 rings (SSSR count). The van der Waals surface area contributed by atoms with Crippen LogP contribution in [0.1, 0.15) is 42.5 Å². The van der Waals surface area contributed by atoms with E-state index < -0.39 is 0 Å². The summed E-state index contributed by atoms with van der Waals surface area (Å²) in [5, 5.41) is 13.5. The van der Waals surface area contributed by atoms with Gasteiger partial charge in [-0.3, -0.25) is 0 Å². The maximum absolute atomic E-state index is 9.71. The highest BCUT2D eigenvalue weighted by Gasteiger charge is 2.32. The van der Waals surface area contributed by atoms with Crippen molar-refractivity contribution in [2.75, 3.05) is 19.5 Å². The summed E-state index contributed by atoms with van der Waals surface area (Å²) in [5.74, 6) is 1.02. The van der Waals surface area contributed by atoms with Crippen molar-refractivity contribution >= 4 is 23.2 Å². The van der Waals surface area contributed by atoms with Gasteiger partial charge in [-0.05, 0) is 59.7 Å². The Morgan fingerprint density at radius 2 is 2.03 bits per heavy atom. The molecular formula is C25H25ClN4O2. The van der Waals surface area contributed by atoms with Crippen LogP contribution in [0.4, 0.5) is 11.6 Å². The Bertz CT molecular complexity index is 1220. The SMILES string of the molecule is COCc1cc(OC)c(Nc2nccc(-c3cc(C#N)c4c(c3)C(C)(C)CC4)n2)cc1Cl. The number of hydrogen-bond donors (Lipinski definition) is 1. The summed E-state index contributed by atoms with van der Waals surface area (Å²) in [4.78, 5) is 9.05. The van der Waals surface area contributed by atoms with Crippen LogP contribution in [-0.2, 0) is 23.2 Å². The highest BCUT2D eigenvalue weighted by Crippen LogP contribution is 2.42. The van der Waals surface area contributed by atoms with Crippen molar-refractivity contribution in [3.63, 3.8) is 0 Å². The van der Waals surface area contributed by atoms with Gasteiger partial charge < -0.3 is 14.8 Å². The van der Waals surface area contributed by atoms with Gasteiger partial charge in [-0.15, -0.1) is 0 Å². The molecule has 0 fully saturated rings. The van der Waals surface area contributed by atoms with Crippen molar-refractivity contribution in [1.29, 1.82) is 5.26 Å². The molecule has 0 aliphatic heterocycles. The standard InChI is InChI=1S/C25H25ClN4O2/c1-25(2)7-5-18-16(13-27)9-15(10-19(18)25)21-6-8-28-24(29-21)30-22-12-20(26)17(14-31-3)11-23(22)32-4/h6,8-12H,5,7,14H2,1-4H3,(H,28,29,30). The Hall–Kier alpha value is -3.14. The fourth-order valence-corrected chi connectivity index (χ4v) is 4.41. The van der Waals surface area contributed by atoms with E-state index in [9.17, 15) is 5.26 Å². The number of rotatable bonds is 6. The van der Waals surface area contributed by atoms with Crippen LogP contribution in [0.25, 0.3) is 11.3 Å². The molecule has 0 saturated carbocycles. The van der Waals surface area contributed by atoms with Crippen molar-refractivity contribution in [2.45, 2.75) is 38.7 Å². The van der Waals surface area contributed by atoms with E-state index in [1.807, 2.05) is 18.2 Å². The van der Waals surface area contributed by atoms with E-state index in [1.54, 1.807) is 26.5 Å². The molecule has 0 atom stereocenters. The molecule has 0 spiro atoms. The molecule has 1 N–H and O–H groups in total. The largest absolute Gasteiger partial charge is 0.495 e. The number of benzene rings is 2. The van der Waals surface area contributed by atoms with Crippen LogP contribution in [-0.4, -0.2) is 24.2 Å². The number of nitrogens with one attached hydrogen (secondary N) is 1. The predicted molar refractivity (Wildman–Crippen MR) is 126 cm³/mol. The van der Waals surface area contributed by atoms with E-state index in [4.69, 9.17) is 26.1 Å². The van der Waals surface area contributed by atoms with Gasteiger partial charge in [0.2, 0.25) is 5.95 Å². The molecule has 0 radical (unpaired) electrons. The zero-order chi connectivity index (χ0) is 22.9. The summed E-state index contributed by atoms with van der Waals surface area (Å²) in [6, 6.07) is 11.9. The molecule has 3 aromatic rings. The summed E-state index contributed by atoms with van der Waals surface area (Å²) in [5.41, 5.74) is 6.27. The van der Waals surface area contributed by atoms with E-state index in [2.05, 4.69) is 36.3 Å². The minimum absolute atomic E-state index is 0.0408. The highest BCUT2D eigenvalue weighted by atomic mass is 35.5. The van der Waals surface area contributed by atoms with E-state index >= 15 is 0 Å². The first kappa shape index (κ1) is 22.1. The number of nitrogens with zero attached hydrogens (tertiary/aromatic N) is 3. The van der Waals surface area contributed by atoms with Gasteiger partial charge in [0.05, 0.1) is 36.7 Å². The van der Waals surface area contributed by atoms with Gasteiger partial charge in [0.15, 0.2) is 0 Å². The third-order valence-electron chi connectivity index (χ3n) is 5.97. The lowest BCUT2D eigenvalue weighted by molar-refractivity contribution is 0.184. The van der Waals surface area contributed by atoms with Crippen molar-refractivity contribution in [3.8, 4) is 23.1 Å². The first-order valence-electron chi connectivity index (χ1n) is 10.4. The number of ether oxygens (including phenoxy) is 2. The van der Waals surface area contributed by atoms with E-state index in [0.29, 0.717) is 29.0 Å². The fourth-order valence-electron chi connectivity index (χ4n) is 4.19. The topological polar surface area (TPSA) is 80.1 Å². The van der Waals surface area contributed by atoms with Crippen molar-refractivity contribution in [2.24, 2.45) is 0 Å². The second-order valence-electron chi connectivity index (χ2n) is 8.51. The van der Waals surface area contributed by atoms with Crippen molar-refractivity contribution in [3.05, 3.63) is 63.8 Å². The molecule has 164 valence electrons. The maximum Gasteiger partial charge on any atom is 0.227 e. The second-order valence-corrected chi connectivity index (χ2v) is 8.92. The molecule has 32 heavy (non-hydrogen) atoms. The molecular weight excluding hydrogens is 424 g/mol. The van der Waals surface area contributed by atoms with Gasteiger partial charge in [0.1, 0.15) is 5.75 Å². The molecule has 2 aromatic carbocycles. The Balaban J connectivity index is 1.71. The van der Waals surface area contributed by atoms with Gasteiger partial charge in [-0.25, -0.2) is 9.97 Å². The van der Waals surface area contributed by atoms with E-state index in [0.717, 1.165) is 40.8 Å². The lowest BCUT2D eigenvalue weighted by Crippen LogP contribution is -2.12. The molecule has 0 bridgehead atoms. The summed E-state index contributed by atoms with van der Waals surface area (Å²) in [7, 11) is 3.21. The van der Waals surface area contributed by atoms with Gasteiger partial charge in [-0.1, -0.05) is 25.4 Å². The number of methoxy groups -OCH3 is 2. The third kappa shape index (κ3) is 4.14. The fraction of sp³-hybridized carbons (Fsp3) is 0.320. The van der Waals surface area contributed by atoms with Gasteiger partial charge in [0, 0.05) is 29.5 Å². The van der Waals surface area contributed by atoms with E-state index in [-0.39, 0.29) is 5.41 Å². The summed E-state index contributed by atoms with van der Waals surface area (Å²) < 4.78 is 10.7. The monoisotopic (exact) mass is 448 g/mol. The molecule has 1 aliphatic carbocycles. The Kier molecular flexibility index (Phi) is 6.05. The number of aromatic nitrogens is 2. The number of nitriles is 1. The number of anilines is 2. The molecule has 1 aliphatic rings. The number of fused-ring (bicyclic) bond motifs is 1. The Morgan fingerprint density at radius 3 is 2.75 bits per heavy atom. The second kappa shape index (κ2) is 8.78. The van der Waals surface area contributed by atoms with Crippen LogP contribution in [0.3, 0.4) is 0 Å². The van der Waals surface area contributed by atoms with Crippen LogP contribution in [0.5, 0.6) is 5.75 Å². The van der Waals surface area contributed by atoms with E-state index in [1.165, 1.54) is 5.56 Å². The molecule has 1 heterocycles. The maximum atomic E-state index is 9.71. The molecule has 0 amide bonds. The minimum atomic E-state index is 0.0408. The molecule has 6 nitrogen and oxygen atoms in total. The van der Waals surface area contributed by atoms with Gasteiger partial charge >= 0.3 is 0 Å². The summed E-state index contributed by atoms with van der Waals surface area (Å²) in [6.07, 6.45) is 3.67. The average Bonchev–Trinajstić information content (AvgIpc) is 3.10. The molecule has 0 unspecified atom stereocenters. The smallest absolute Gasteiger partial charge is 0.227 e. The van der Waals surface area contributed by atoms with Crippen LogP contribution in [0, 0.1) is 11.3 Å². The first-order valence-corrected chi connectivity index (χ1v) is 10.8. The molecule has 0 saturated heterocycles. The van der Waals surface area contributed by atoms with Gasteiger partial charge in [-0.2, -0.15) is 5.26 Å². The van der Waals surface area contributed by atoms with Crippen molar-refractivity contribution < 1.29 is 9.47 Å². The number of halogens is 1. The van der Waals surface area contributed by atoms with Gasteiger partial charge in [0.25, 0.3) is 0 Å². The van der Waals surface area contributed by atoms with Crippen molar-refractivity contribution in [1.82, 2.24) is 9.97 Å². The number of hydrogen-bond acceptors (Lipinski definition) is 6. The lowest BCUT2D eigenvalue weighted by atomic mass is 9.84. The zero-order valence-electron chi connectivity index (χ0n) is 18.6. The first-order chi connectivity index (χ1) is 15.4. The quantitative estimate of drug-likeness (QED) is 0.514. The van der Waals surface area contributed by atoms with Crippen LogP contribution < -0.4 is 10.1 Å². The molecule has 1 aromatic heterocycles. The molecule has 7 heteroatoms. The highest BCUT2D eigenvalue weighted by molar-refractivity contribution is 6.31.